The molecule has 0 aliphatic carbocycles. The van der Waals surface area contributed by atoms with Crippen LogP contribution < -0.4 is 10.8 Å². The molecule has 106 valence electrons. The molecule has 0 spiro atoms. The van der Waals surface area contributed by atoms with E-state index in [9.17, 15) is 5.26 Å². The van der Waals surface area contributed by atoms with Gasteiger partial charge in [-0.3, -0.25) is 4.98 Å². The van der Waals surface area contributed by atoms with E-state index in [1.807, 2.05) is 34.7 Å². The van der Waals surface area contributed by atoms with Gasteiger partial charge in [0.15, 0.2) is 0 Å². The number of aromatic nitrogens is 1. The van der Waals surface area contributed by atoms with E-state index in [4.69, 9.17) is 9.31 Å². The highest BCUT2D eigenvalue weighted by atomic mass is 16.7. The average Bonchev–Trinajstić information content (AvgIpc) is 2.58. The summed E-state index contributed by atoms with van der Waals surface area (Å²) in [7, 11) is 1.28. The summed E-state index contributed by atoms with van der Waals surface area (Å²) in [5.41, 5.74) is 1.19. The van der Waals surface area contributed by atoms with E-state index in [1.54, 1.807) is 12.3 Å². The van der Waals surface area contributed by atoms with Gasteiger partial charge in [0.05, 0.1) is 28.5 Å². The summed E-state index contributed by atoms with van der Waals surface area (Å²) in [5, 5.41) is 12.4. The third-order valence-corrected chi connectivity index (χ3v) is 4.03. The zero-order chi connectivity index (χ0) is 15.0. The number of nitrogens with zero attached hydrogens (tertiary/aromatic N) is 2. The first-order valence-electron chi connectivity index (χ1n) is 6.70. The molecule has 5 nitrogen and oxygen atoms in total. The van der Waals surface area contributed by atoms with Crippen LogP contribution in [0.25, 0.3) is 0 Å². The molecule has 0 saturated carbocycles. The minimum atomic E-state index is -0.563. The molecule has 0 radical (unpaired) electrons. The van der Waals surface area contributed by atoms with Crippen molar-refractivity contribution in [3.63, 3.8) is 0 Å². The lowest BCUT2D eigenvalue weighted by atomic mass is 9.75. The highest BCUT2D eigenvalue weighted by molar-refractivity contribution is 6.63. The Morgan fingerprint density at radius 3 is 2.40 bits per heavy atom. The summed E-state index contributed by atoms with van der Waals surface area (Å²) in [4.78, 5) is 4.34. The van der Waals surface area contributed by atoms with Gasteiger partial charge >= 0.3 is 7.12 Å². The van der Waals surface area contributed by atoms with Crippen LogP contribution in [-0.2, 0) is 15.9 Å². The van der Waals surface area contributed by atoms with Gasteiger partial charge < -0.3 is 14.6 Å². The molecule has 6 heteroatoms. The topological polar surface area (TPSA) is 67.2 Å². The Bertz CT molecular complexity index is 536. The summed E-state index contributed by atoms with van der Waals surface area (Å²) in [6.07, 6.45) is 1.64. The minimum Gasteiger partial charge on any atom is -0.399 e. The third-order valence-electron chi connectivity index (χ3n) is 4.03. The average molecular weight is 273 g/mol. The van der Waals surface area contributed by atoms with E-state index in [0.717, 1.165) is 11.2 Å². The van der Waals surface area contributed by atoms with E-state index in [-0.39, 0.29) is 0 Å². The van der Waals surface area contributed by atoms with Crippen molar-refractivity contribution in [1.82, 2.24) is 10.3 Å². The van der Waals surface area contributed by atoms with Gasteiger partial charge in [-0.1, -0.05) is 0 Å². The molecule has 1 fully saturated rings. The minimum absolute atomic E-state index is 0.433. The standard InChI is InChI=1S/C14H20BN3O2/c1-13(2)14(3,4)20-15(19-13)12-10(8-16)6-7-18-11(12)9-17-5/h6-7,17H,9H2,1-5H3. The van der Waals surface area contributed by atoms with Crippen LogP contribution in [0.15, 0.2) is 12.3 Å². The lowest BCUT2D eigenvalue weighted by molar-refractivity contribution is 0.00578. The van der Waals surface area contributed by atoms with Crippen molar-refractivity contribution in [2.75, 3.05) is 7.05 Å². The molecule has 0 atom stereocenters. The third kappa shape index (κ3) is 2.45. The largest absolute Gasteiger partial charge is 0.498 e. The van der Waals surface area contributed by atoms with Crippen LogP contribution in [0.5, 0.6) is 0 Å². The Balaban J connectivity index is 2.46. The van der Waals surface area contributed by atoms with Crippen LogP contribution in [0.1, 0.15) is 39.0 Å². The smallest absolute Gasteiger partial charge is 0.399 e. The first-order chi connectivity index (χ1) is 9.32. The van der Waals surface area contributed by atoms with Crippen LogP contribution in [0.3, 0.4) is 0 Å². The molecule has 0 amide bonds. The van der Waals surface area contributed by atoms with E-state index in [0.29, 0.717) is 12.1 Å². The quantitative estimate of drug-likeness (QED) is 0.831. The molecule has 1 aliphatic rings. The van der Waals surface area contributed by atoms with Crippen molar-refractivity contribution in [2.24, 2.45) is 0 Å². The Morgan fingerprint density at radius 2 is 1.90 bits per heavy atom. The molecule has 20 heavy (non-hydrogen) atoms. The molecule has 1 N–H and O–H groups in total. The molecule has 0 bridgehead atoms. The monoisotopic (exact) mass is 273 g/mol. The number of hydrogen-bond donors (Lipinski definition) is 1. The van der Waals surface area contributed by atoms with E-state index < -0.39 is 18.3 Å². The molecule has 2 rings (SSSR count). The fourth-order valence-corrected chi connectivity index (χ4v) is 2.15. The van der Waals surface area contributed by atoms with Gasteiger partial charge in [0.2, 0.25) is 0 Å². The Labute approximate surface area is 120 Å². The summed E-state index contributed by atoms with van der Waals surface area (Å²) in [6, 6.07) is 3.89. The SMILES string of the molecule is CNCc1nccc(C#N)c1B1OC(C)(C)C(C)(C)O1. The molecule has 1 saturated heterocycles. The number of pyridine rings is 1. The number of rotatable bonds is 3. The zero-order valence-electron chi connectivity index (χ0n) is 12.7. The van der Waals surface area contributed by atoms with E-state index >= 15 is 0 Å². The molecule has 0 unspecified atom stereocenters. The molecule has 2 heterocycles. The van der Waals surface area contributed by atoms with Crippen LogP contribution in [0, 0.1) is 11.3 Å². The predicted molar refractivity (Wildman–Crippen MR) is 77.4 cm³/mol. The van der Waals surface area contributed by atoms with Crippen molar-refractivity contribution in [1.29, 1.82) is 5.26 Å². The van der Waals surface area contributed by atoms with Crippen LogP contribution in [-0.4, -0.2) is 30.4 Å². The van der Waals surface area contributed by atoms with Crippen LogP contribution >= 0.6 is 0 Å². The van der Waals surface area contributed by atoms with E-state index in [2.05, 4.69) is 16.4 Å². The van der Waals surface area contributed by atoms with Crippen LogP contribution in [0.2, 0.25) is 0 Å². The predicted octanol–water partition coefficient (Wildman–Crippen LogP) is 0.972. The number of nitriles is 1. The number of nitrogens with one attached hydrogen (secondary N) is 1. The Hall–Kier alpha value is -1.42. The van der Waals surface area contributed by atoms with Crippen LogP contribution in [0.4, 0.5) is 0 Å². The number of hydrogen-bond acceptors (Lipinski definition) is 5. The molecular formula is C14H20BN3O2. The maximum absolute atomic E-state index is 9.32. The molecule has 1 aromatic heterocycles. The van der Waals surface area contributed by atoms with Gasteiger partial charge in [0, 0.05) is 18.2 Å². The lowest BCUT2D eigenvalue weighted by Crippen LogP contribution is -2.41. The first-order valence-corrected chi connectivity index (χ1v) is 6.70. The normalized spacial score (nSPS) is 19.9. The van der Waals surface area contributed by atoms with Gasteiger partial charge in [0.1, 0.15) is 0 Å². The Kier molecular flexibility index (Phi) is 3.87. The second kappa shape index (κ2) is 5.17. The van der Waals surface area contributed by atoms with Crippen molar-refractivity contribution >= 4 is 12.6 Å². The lowest BCUT2D eigenvalue weighted by Gasteiger charge is -2.32. The van der Waals surface area contributed by atoms with Crippen molar-refractivity contribution in [3.05, 3.63) is 23.5 Å². The summed E-state index contributed by atoms with van der Waals surface area (Å²) < 4.78 is 12.1. The summed E-state index contributed by atoms with van der Waals surface area (Å²) in [5.74, 6) is 0. The molecule has 1 aliphatic heterocycles. The van der Waals surface area contributed by atoms with Gasteiger partial charge in [-0.2, -0.15) is 5.26 Å². The molecule has 1 aromatic rings. The highest BCUT2D eigenvalue weighted by Gasteiger charge is 2.53. The van der Waals surface area contributed by atoms with Gasteiger partial charge in [-0.25, -0.2) is 0 Å². The van der Waals surface area contributed by atoms with Crippen molar-refractivity contribution in [3.8, 4) is 6.07 Å². The Morgan fingerprint density at radius 1 is 1.30 bits per heavy atom. The summed E-state index contributed by atoms with van der Waals surface area (Å²) in [6.45, 7) is 8.54. The maximum Gasteiger partial charge on any atom is 0.498 e. The fourth-order valence-electron chi connectivity index (χ4n) is 2.15. The second-order valence-corrected chi connectivity index (χ2v) is 5.95. The highest BCUT2D eigenvalue weighted by Crippen LogP contribution is 2.36. The van der Waals surface area contributed by atoms with Gasteiger partial charge in [-0.15, -0.1) is 0 Å². The zero-order valence-corrected chi connectivity index (χ0v) is 12.7. The maximum atomic E-state index is 9.32. The summed E-state index contributed by atoms with van der Waals surface area (Å²) >= 11 is 0. The first kappa shape index (κ1) is 15.0. The fraction of sp³-hybridized carbons (Fsp3) is 0.571. The van der Waals surface area contributed by atoms with Gasteiger partial charge in [0.25, 0.3) is 0 Å². The molecular weight excluding hydrogens is 253 g/mol. The van der Waals surface area contributed by atoms with Gasteiger partial charge in [-0.05, 0) is 40.8 Å². The van der Waals surface area contributed by atoms with Crippen molar-refractivity contribution in [2.45, 2.75) is 45.4 Å². The van der Waals surface area contributed by atoms with E-state index in [1.165, 1.54) is 0 Å². The second-order valence-electron chi connectivity index (χ2n) is 5.95. The molecule has 0 aromatic carbocycles. The van der Waals surface area contributed by atoms with Crippen molar-refractivity contribution < 1.29 is 9.31 Å².